The van der Waals surface area contributed by atoms with Gasteiger partial charge in [0, 0.05) is 61.0 Å². The summed E-state index contributed by atoms with van der Waals surface area (Å²) in [4.78, 5) is 32.0. The molecule has 2 aliphatic rings. The third kappa shape index (κ3) is 7.26. The Morgan fingerprint density at radius 1 is 1.10 bits per heavy atom. The zero-order valence-corrected chi connectivity index (χ0v) is 25.6. The van der Waals surface area contributed by atoms with Gasteiger partial charge in [-0.1, -0.05) is 43.1 Å². The topological polar surface area (TPSA) is 81.9 Å². The van der Waals surface area contributed by atoms with E-state index in [9.17, 15) is 22.8 Å². The number of benzene rings is 2. The van der Waals surface area contributed by atoms with Crippen molar-refractivity contribution in [1.29, 1.82) is 0 Å². The van der Waals surface area contributed by atoms with E-state index in [1.165, 1.54) is 6.07 Å². The smallest absolute Gasteiger partial charge is 0.368 e. The number of anilines is 1. The SMILES string of the molecule is CCN1C(=O)NCC1C(Cc1ccc(Cl)cc1Cl)C(=O)N1CCN(c2ccc(C(F)(F)F)cc2C(N)CC(C)C)CC1. The van der Waals surface area contributed by atoms with Gasteiger partial charge in [0.05, 0.1) is 17.5 Å². The van der Waals surface area contributed by atoms with Gasteiger partial charge in [-0.25, -0.2) is 4.79 Å². The van der Waals surface area contributed by atoms with Crippen LogP contribution in [0.5, 0.6) is 0 Å². The van der Waals surface area contributed by atoms with E-state index < -0.39 is 23.7 Å². The van der Waals surface area contributed by atoms with Crippen LogP contribution in [0.1, 0.15) is 49.9 Å². The average Bonchev–Trinajstić information content (AvgIpc) is 3.31. The van der Waals surface area contributed by atoms with Crippen molar-refractivity contribution in [3.05, 3.63) is 63.1 Å². The lowest BCUT2D eigenvalue weighted by atomic mass is 9.89. The van der Waals surface area contributed by atoms with E-state index in [0.29, 0.717) is 73.4 Å². The van der Waals surface area contributed by atoms with Crippen molar-refractivity contribution in [2.24, 2.45) is 17.6 Å². The number of hydrogen-bond donors (Lipinski definition) is 2. The molecular weight excluding hydrogens is 590 g/mol. The molecule has 7 nitrogen and oxygen atoms in total. The maximum Gasteiger partial charge on any atom is 0.416 e. The number of alkyl halides is 3. The fourth-order valence-electron chi connectivity index (χ4n) is 5.96. The molecular formula is C30H38Cl2F3N5O2. The van der Waals surface area contributed by atoms with Gasteiger partial charge in [0.25, 0.3) is 0 Å². The summed E-state index contributed by atoms with van der Waals surface area (Å²) in [6, 6.07) is 7.80. The van der Waals surface area contributed by atoms with Crippen LogP contribution in [0.15, 0.2) is 36.4 Å². The average molecular weight is 629 g/mol. The number of likely N-dealkylation sites (N-methyl/N-ethyl adjacent to an activating group) is 1. The first-order valence-corrected chi connectivity index (χ1v) is 15.0. The third-order valence-electron chi connectivity index (χ3n) is 8.11. The lowest BCUT2D eigenvalue weighted by Gasteiger charge is -2.40. The second-order valence-corrected chi connectivity index (χ2v) is 12.2. The minimum absolute atomic E-state index is 0.0928. The molecule has 3 N–H and O–H groups in total. The molecule has 0 aliphatic carbocycles. The lowest BCUT2D eigenvalue weighted by molar-refractivity contribution is -0.138. The van der Waals surface area contributed by atoms with Gasteiger partial charge in [-0.05, 0) is 67.1 Å². The van der Waals surface area contributed by atoms with Crippen LogP contribution < -0.4 is 16.0 Å². The Balaban J connectivity index is 1.56. The molecule has 0 spiro atoms. The predicted octanol–water partition coefficient (Wildman–Crippen LogP) is 5.98. The van der Waals surface area contributed by atoms with Crippen LogP contribution in [0, 0.1) is 11.8 Å². The predicted molar refractivity (Wildman–Crippen MR) is 160 cm³/mol. The van der Waals surface area contributed by atoms with Crippen molar-refractivity contribution in [3.63, 3.8) is 0 Å². The quantitative estimate of drug-likeness (QED) is 0.358. The second-order valence-electron chi connectivity index (χ2n) is 11.4. The highest BCUT2D eigenvalue weighted by molar-refractivity contribution is 6.35. The number of hydrogen-bond acceptors (Lipinski definition) is 4. The van der Waals surface area contributed by atoms with E-state index in [2.05, 4.69) is 5.32 Å². The Bertz CT molecular complexity index is 1280. The Labute approximate surface area is 255 Å². The molecule has 2 aliphatic heterocycles. The molecule has 0 bridgehead atoms. The van der Waals surface area contributed by atoms with Crippen LogP contribution >= 0.6 is 23.2 Å². The van der Waals surface area contributed by atoms with Gasteiger partial charge >= 0.3 is 12.2 Å². The number of nitrogens with one attached hydrogen (secondary N) is 1. The molecule has 42 heavy (non-hydrogen) atoms. The summed E-state index contributed by atoms with van der Waals surface area (Å²) in [7, 11) is 0. The van der Waals surface area contributed by atoms with E-state index in [0.717, 1.165) is 17.7 Å². The van der Waals surface area contributed by atoms with E-state index in [-0.39, 0.29) is 23.9 Å². The van der Waals surface area contributed by atoms with E-state index in [1.807, 2.05) is 25.7 Å². The number of piperazine rings is 1. The summed E-state index contributed by atoms with van der Waals surface area (Å²) in [6.07, 6.45) is -3.59. The third-order valence-corrected chi connectivity index (χ3v) is 8.70. The number of halogens is 5. The van der Waals surface area contributed by atoms with Crippen molar-refractivity contribution in [1.82, 2.24) is 15.1 Å². The first-order valence-electron chi connectivity index (χ1n) is 14.3. The summed E-state index contributed by atoms with van der Waals surface area (Å²) >= 11 is 12.6. The van der Waals surface area contributed by atoms with Gasteiger partial charge in [-0.3, -0.25) is 4.79 Å². The Hall–Kier alpha value is -2.69. The van der Waals surface area contributed by atoms with Crippen LogP contribution in [-0.2, 0) is 17.4 Å². The number of rotatable bonds is 9. The van der Waals surface area contributed by atoms with Crippen molar-refractivity contribution in [2.75, 3.05) is 44.2 Å². The number of carbonyl (C=O) groups excluding carboxylic acids is 2. The molecule has 12 heteroatoms. The zero-order valence-electron chi connectivity index (χ0n) is 24.1. The zero-order chi connectivity index (χ0) is 30.8. The van der Waals surface area contributed by atoms with Gasteiger partial charge in [0.1, 0.15) is 0 Å². The van der Waals surface area contributed by atoms with E-state index >= 15 is 0 Å². The largest absolute Gasteiger partial charge is 0.416 e. The van der Waals surface area contributed by atoms with Crippen molar-refractivity contribution >= 4 is 40.8 Å². The van der Waals surface area contributed by atoms with E-state index in [4.69, 9.17) is 28.9 Å². The Morgan fingerprint density at radius 3 is 2.38 bits per heavy atom. The van der Waals surface area contributed by atoms with Crippen LogP contribution in [0.25, 0.3) is 0 Å². The molecule has 230 valence electrons. The standard InChI is InChI=1S/C30H38Cl2F3N5O2/c1-4-40-27(17-37-29(40)42)23(14-19-5-7-21(31)16-24(19)32)28(41)39-11-9-38(10-12-39)26-8-6-20(30(33,34)35)15-22(26)25(36)13-18(2)3/h5-8,15-16,18,23,25,27H,4,9-14,17,36H2,1-3H3,(H,37,42). The monoisotopic (exact) mass is 627 g/mol. The summed E-state index contributed by atoms with van der Waals surface area (Å²) in [6.45, 7) is 8.27. The van der Waals surface area contributed by atoms with Gasteiger partial charge in [0.15, 0.2) is 0 Å². The maximum absolute atomic E-state index is 14.1. The molecule has 2 heterocycles. The fourth-order valence-corrected chi connectivity index (χ4v) is 6.44. The normalized spacial score (nSPS) is 19.3. The van der Waals surface area contributed by atoms with E-state index in [1.54, 1.807) is 28.0 Å². The fraction of sp³-hybridized carbons (Fsp3) is 0.533. The van der Waals surface area contributed by atoms with Crippen LogP contribution in [0.4, 0.5) is 23.7 Å². The molecule has 2 fully saturated rings. The highest BCUT2D eigenvalue weighted by Gasteiger charge is 2.41. The Morgan fingerprint density at radius 2 is 1.79 bits per heavy atom. The molecule has 2 aromatic carbocycles. The van der Waals surface area contributed by atoms with Crippen LogP contribution in [0.2, 0.25) is 10.0 Å². The number of amides is 3. The summed E-state index contributed by atoms with van der Waals surface area (Å²) < 4.78 is 40.6. The number of nitrogens with two attached hydrogens (primary N) is 1. The molecule has 0 radical (unpaired) electrons. The maximum atomic E-state index is 14.1. The molecule has 4 rings (SSSR count). The molecule has 2 aromatic rings. The minimum atomic E-state index is -4.47. The minimum Gasteiger partial charge on any atom is -0.368 e. The molecule has 0 saturated carbocycles. The summed E-state index contributed by atoms with van der Waals surface area (Å²) in [5.74, 6) is -0.428. The molecule has 3 amide bonds. The van der Waals surface area contributed by atoms with Gasteiger partial charge in [0.2, 0.25) is 5.91 Å². The Kier molecular flexibility index (Phi) is 10.2. The second kappa shape index (κ2) is 13.3. The van der Waals surface area contributed by atoms with Gasteiger partial charge in [-0.2, -0.15) is 13.2 Å². The highest BCUT2D eigenvalue weighted by Crippen LogP contribution is 2.37. The molecule has 0 aromatic heterocycles. The molecule has 3 atom stereocenters. The van der Waals surface area contributed by atoms with Crippen LogP contribution in [0.3, 0.4) is 0 Å². The van der Waals surface area contributed by atoms with Crippen LogP contribution in [-0.4, -0.2) is 67.0 Å². The van der Waals surface area contributed by atoms with Gasteiger partial charge in [-0.15, -0.1) is 0 Å². The van der Waals surface area contributed by atoms with Gasteiger partial charge < -0.3 is 25.8 Å². The lowest BCUT2D eigenvalue weighted by Crippen LogP contribution is -2.54. The van der Waals surface area contributed by atoms with Crippen molar-refractivity contribution < 1.29 is 22.8 Å². The van der Waals surface area contributed by atoms with Crippen molar-refractivity contribution in [2.45, 2.75) is 51.9 Å². The molecule has 2 saturated heterocycles. The first kappa shape index (κ1) is 32.2. The van der Waals surface area contributed by atoms with Crippen molar-refractivity contribution in [3.8, 4) is 0 Å². The number of carbonyl (C=O) groups is 2. The number of nitrogens with zero attached hydrogens (tertiary/aromatic N) is 3. The highest BCUT2D eigenvalue weighted by atomic mass is 35.5. The summed E-state index contributed by atoms with van der Waals surface area (Å²) in [5.41, 5.74) is 7.58. The summed E-state index contributed by atoms with van der Waals surface area (Å²) in [5, 5.41) is 3.80. The first-order chi connectivity index (χ1) is 19.8. The molecule has 3 unspecified atom stereocenters. The number of urea groups is 1.